The first-order valence-electron chi connectivity index (χ1n) is 6.67. The Morgan fingerprint density at radius 2 is 1.86 bits per heavy atom. The summed E-state index contributed by atoms with van der Waals surface area (Å²) < 4.78 is 5.56. The van der Waals surface area contributed by atoms with Gasteiger partial charge in [0.15, 0.2) is 6.10 Å². The van der Waals surface area contributed by atoms with E-state index in [9.17, 15) is 4.79 Å². The average Bonchev–Trinajstić information content (AvgIpc) is 2.50. The lowest BCUT2D eigenvalue weighted by Crippen LogP contribution is -2.30. The lowest BCUT2D eigenvalue weighted by molar-refractivity contribution is -0.122. The second-order valence-electron chi connectivity index (χ2n) is 4.59. The molecule has 0 heterocycles. The van der Waals surface area contributed by atoms with Gasteiger partial charge in [0.05, 0.1) is 12.5 Å². The Balaban J connectivity index is 1.93. The fraction of sp³-hybridized carbons (Fsp3) is 0.176. The van der Waals surface area contributed by atoms with Crippen molar-refractivity contribution in [2.75, 3.05) is 5.32 Å². The van der Waals surface area contributed by atoms with E-state index >= 15 is 0 Å². The Morgan fingerprint density at radius 1 is 1.19 bits per heavy atom. The minimum atomic E-state index is -0.591. The minimum Gasteiger partial charge on any atom is -0.481 e. The third kappa shape index (κ3) is 4.36. The number of carbonyl (C=O) groups excluding carboxylic acids is 1. The highest BCUT2D eigenvalue weighted by Crippen LogP contribution is 2.13. The van der Waals surface area contributed by atoms with Gasteiger partial charge in [-0.05, 0) is 36.8 Å². The van der Waals surface area contributed by atoms with Gasteiger partial charge in [-0.3, -0.25) is 4.79 Å². The molecule has 0 radical (unpaired) electrons. The summed E-state index contributed by atoms with van der Waals surface area (Å²) in [6, 6.07) is 18.5. The minimum absolute atomic E-state index is 0.216. The molecule has 0 fully saturated rings. The van der Waals surface area contributed by atoms with Gasteiger partial charge in [0, 0.05) is 5.69 Å². The monoisotopic (exact) mass is 280 g/mol. The Kier molecular flexibility index (Phi) is 4.94. The molecule has 4 nitrogen and oxygen atoms in total. The summed E-state index contributed by atoms with van der Waals surface area (Å²) in [5.74, 6) is 0.441. The van der Waals surface area contributed by atoms with E-state index in [4.69, 9.17) is 10.00 Å². The SMILES string of the molecule is C[C@H](Oc1ccccc1)C(=O)Nc1ccc(CC#N)cc1. The molecule has 1 N–H and O–H groups in total. The highest BCUT2D eigenvalue weighted by Gasteiger charge is 2.14. The molecular formula is C17H16N2O2. The molecule has 0 aliphatic rings. The van der Waals surface area contributed by atoms with E-state index in [0.717, 1.165) is 5.56 Å². The van der Waals surface area contributed by atoms with Crippen molar-refractivity contribution in [1.82, 2.24) is 0 Å². The van der Waals surface area contributed by atoms with E-state index in [1.165, 1.54) is 0 Å². The van der Waals surface area contributed by atoms with Gasteiger partial charge in [0.1, 0.15) is 5.75 Å². The summed E-state index contributed by atoms with van der Waals surface area (Å²) in [4.78, 5) is 12.0. The molecule has 0 saturated heterocycles. The number of nitriles is 1. The Hall–Kier alpha value is -2.80. The van der Waals surface area contributed by atoms with Crippen LogP contribution in [-0.4, -0.2) is 12.0 Å². The molecule has 1 atom stereocenters. The maximum absolute atomic E-state index is 12.0. The summed E-state index contributed by atoms with van der Waals surface area (Å²) in [6.45, 7) is 1.70. The van der Waals surface area contributed by atoms with E-state index in [1.54, 1.807) is 31.2 Å². The van der Waals surface area contributed by atoms with Gasteiger partial charge in [-0.2, -0.15) is 5.26 Å². The van der Waals surface area contributed by atoms with Crippen molar-refractivity contribution in [1.29, 1.82) is 5.26 Å². The predicted molar refractivity (Wildman–Crippen MR) is 80.9 cm³/mol. The molecule has 0 saturated carbocycles. The number of nitrogens with one attached hydrogen (secondary N) is 1. The van der Waals surface area contributed by atoms with Crippen LogP contribution >= 0.6 is 0 Å². The van der Waals surface area contributed by atoms with E-state index in [0.29, 0.717) is 17.9 Å². The topological polar surface area (TPSA) is 62.1 Å². The van der Waals surface area contributed by atoms with E-state index in [1.807, 2.05) is 30.3 Å². The lowest BCUT2D eigenvalue weighted by atomic mass is 10.1. The molecule has 106 valence electrons. The Morgan fingerprint density at radius 3 is 2.48 bits per heavy atom. The third-order valence-electron chi connectivity index (χ3n) is 2.93. The summed E-state index contributed by atoms with van der Waals surface area (Å²) in [6.07, 6.45) is -0.229. The zero-order valence-electron chi connectivity index (χ0n) is 11.7. The summed E-state index contributed by atoms with van der Waals surface area (Å²) in [5, 5.41) is 11.4. The third-order valence-corrected chi connectivity index (χ3v) is 2.93. The summed E-state index contributed by atoms with van der Waals surface area (Å²) >= 11 is 0. The van der Waals surface area contributed by atoms with Gasteiger partial charge in [-0.25, -0.2) is 0 Å². The van der Waals surface area contributed by atoms with Crippen molar-refractivity contribution < 1.29 is 9.53 Å². The maximum Gasteiger partial charge on any atom is 0.265 e. The van der Waals surface area contributed by atoms with Gasteiger partial charge >= 0.3 is 0 Å². The van der Waals surface area contributed by atoms with Crippen LogP contribution in [0.4, 0.5) is 5.69 Å². The van der Waals surface area contributed by atoms with Crippen LogP contribution in [-0.2, 0) is 11.2 Å². The molecule has 2 rings (SSSR count). The predicted octanol–water partition coefficient (Wildman–Crippen LogP) is 3.16. The second-order valence-corrected chi connectivity index (χ2v) is 4.59. The first-order chi connectivity index (χ1) is 10.2. The van der Waals surface area contributed by atoms with Crippen LogP contribution in [0.5, 0.6) is 5.75 Å². The number of amides is 1. The summed E-state index contributed by atoms with van der Waals surface area (Å²) in [7, 11) is 0. The summed E-state index contributed by atoms with van der Waals surface area (Å²) in [5.41, 5.74) is 1.61. The number of hydrogen-bond donors (Lipinski definition) is 1. The fourth-order valence-corrected chi connectivity index (χ4v) is 1.80. The van der Waals surface area contributed by atoms with Crippen LogP contribution in [0.25, 0.3) is 0 Å². The van der Waals surface area contributed by atoms with Gasteiger partial charge in [-0.1, -0.05) is 30.3 Å². The number of benzene rings is 2. The van der Waals surface area contributed by atoms with Crippen LogP contribution in [0.3, 0.4) is 0 Å². The number of carbonyl (C=O) groups is 1. The van der Waals surface area contributed by atoms with Gasteiger partial charge < -0.3 is 10.1 Å². The zero-order valence-corrected chi connectivity index (χ0v) is 11.7. The van der Waals surface area contributed by atoms with Crippen LogP contribution in [0, 0.1) is 11.3 Å². The molecule has 2 aromatic carbocycles. The van der Waals surface area contributed by atoms with E-state index in [-0.39, 0.29) is 5.91 Å². The first kappa shape index (κ1) is 14.6. The molecule has 0 aromatic heterocycles. The van der Waals surface area contributed by atoms with Crippen molar-refractivity contribution >= 4 is 11.6 Å². The molecule has 0 unspecified atom stereocenters. The molecule has 0 bridgehead atoms. The van der Waals surface area contributed by atoms with Crippen molar-refractivity contribution in [3.8, 4) is 11.8 Å². The molecule has 2 aromatic rings. The van der Waals surface area contributed by atoms with Crippen molar-refractivity contribution in [2.24, 2.45) is 0 Å². The number of rotatable bonds is 5. The zero-order chi connectivity index (χ0) is 15.1. The first-order valence-corrected chi connectivity index (χ1v) is 6.67. The van der Waals surface area contributed by atoms with Crippen molar-refractivity contribution in [2.45, 2.75) is 19.4 Å². The maximum atomic E-state index is 12.0. The largest absolute Gasteiger partial charge is 0.481 e. The molecule has 21 heavy (non-hydrogen) atoms. The second kappa shape index (κ2) is 7.11. The van der Waals surface area contributed by atoms with Crippen molar-refractivity contribution in [3.05, 3.63) is 60.2 Å². The lowest BCUT2D eigenvalue weighted by Gasteiger charge is -2.14. The molecule has 1 amide bonds. The number of anilines is 1. The fourth-order valence-electron chi connectivity index (χ4n) is 1.80. The Bertz CT molecular complexity index is 630. The Labute approximate surface area is 124 Å². The highest BCUT2D eigenvalue weighted by atomic mass is 16.5. The van der Waals surface area contributed by atoms with Crippen molar-refractivity contribution in [3.63, 3.8) is 0 Å². The number of nitrogens with zero attached hydrogens (tertiary/aromatic N) is 1. The van der Waals surface area contributed by atoms with Gasteiger partial charge in [0.2, 0.25) is 0 Å². The number of para-hydroxylation sites is 1. The molecule has 0 aliphatic carbocycles. The molecule has 0 spiro atoms. The van der Waals surface area contributed by atoms with E-state index in [2.05, 4.69) is 11.4 Å². The van der Waals surface area contributed by atoms with Crippen LogP contribution in [0.1, 0.15) is 12.5 Å². The van der Waals surface area contributed by atoms with Crippen LogP contribution < -0.4 is 10.1 Å². The number of ether oxygens (including phenoxy) is 1. The standard InChI is InChI=1S/C17H16N2O2/c1-13(21-16-5-3-2-4-6-16)17(20)19-15-9-7-14(8-10-15)11-12-18/h2-10,13H,11H2,1H3,(H,19,20)/t13-/m0/s1. The highest BCUT2D eigenvalue weighted by molar-refractivity contribution is 5.94. The number of hydrogen-bond acceptors (Lipinski definition) is 3. The quantitative estimate of drug-likeness (QED) is 0.915. The molecule has 4 heteroatoms. The van der Waals surface area contributed by atoms with Gasteiger partial charge in [0.25, 0.3) is 5.91 Å². The van der Waals surface area contributed by atoms with Gasteiger partial charge in [-0.15, -0.1) is 0 Å². The smallest absolute Gasteiger partial charge is 0.265 e. The van der Waals surface area contributed by atoms with E-state index < -0.39 is 6.10 Å². The van der Waals surface area contributed by atoms with Crippen LogP contribution in [0.15, 0.2) is 54.6 Å². The molecular weight excluding hydrogens is 264 g/mol. The average molecular weight is 280 g/mol. The van der Waals surface area contributed by atoms with Crippen LogP contribution in [0.2, 0.25) is 0 Å². The normalized spacial score (nSPS) is 11.2. The molecule has 0 aliphatic heterocycles.